The normalized spacial score (nSPS) is 13.5. The Morgan fingerprint density at radius 2 is 1.34 bits per heavy atom. The van der Waals surface area contributed by atoms with Crippen LogP contribution in [0.3, 0.4) is 0 Å². The highest BCUT2D eigenvalue weighted by atomic mass is 15.1. The number of benzene rings is 3. The number of pyridine rings is 3. The second kappa shape index (κ2) is 6.10. The summed E-state index contributed by atoms with van der Waals surface area (Å²) in [5.74, 6) is 0. The second-order valence-electron chi connectivity index (χ2n) is 9.65. The van der Waals surface area contributed by atoms with E-state index in [9.17, 15) is 0 Å². The maximum Gasteiger partial charge on any atom is 0.166 e. The van der Waals surface area contributed by atoms with Crippen molar-refractivity contribution in [3.63, 3.8) is 0 Å². The van der Waals surface area contributed by atoms with E-state index in [1.807, 2.05) is 30.6 Å². The summed E-state index contributed by atoms with van der Waals surface area (Å²) in [7, 11) is 0. The zero-order valence-electron chi connectivity index (χ0n) is 18.8. The summed E-state index contributed by atoms with van der Waals surface area (Å²) in [4.78, 5) is 14.5. The van der Waals surface area contributed by atoms with Gasteiger partial charge in [-0.05, 0) is 87.7 Å². The molecule has 0 spiro atoms. The zero-order chi connectivity index (χ0) is 22.7. The molecule has 0 fully saturated rings. The minimum absolute atomic E-state index is 0.853. The van der Waals surface area contributed by atoms with Gasteiger partial charge in [-0.25, -0.2) is 15.0 Å². The van der Waals surface area contributed by atoms with Gasteiger partial charge in [-0.15, -0.1) is 0 Å². The highest BCUT2D eigenvalue weighted by Gasteiger charge is 2.30. The summed E-state index contributed by atoms with van der Waals surface area (Å²) < 4.78 is 2.12. The van der Waals surface area contributed by atoms with Gasteiger partial charge in [0.2, 0.25) is 0 Å². The molecule has 0 saturated heterocycles. The van der Waals surface area contributed by atoms with Crippen molar-refractivity contribution in [3.8, 4) is 22.3 Å². The van der Waals surface area contributed by atoms with Crippen LogP contribution in [0.5, 0.6) is 0 Å². The SMILES string of the molecule is c1ccc2c(c1)Cc1ccc3c(c1-2)-c1ccc2c(c1C3)c1cccnc1n1c3ncccc3nc21. The average Bonchev–Trinajstić information content (AvgIpc) is 3.59. The third-order valence-electron chi connectivity index (χ3n) is 7.92. The van der Waals surface area contributed by atoms with E-state index in [0.29, 0.717) is 0 Å². The Labute approximate surface area is 200 Å². The summed E-state index contributed by atoms with van der Waals surface area (Å²) in [6.07, 6.45) is 5.64. The third-order valence-corrected chi connectivity index (χ3v) is 7.92. The van der Waals surface area contributed by atoms with E-state index in [1.165, 1.54) is 49.9 Å². The summed E-state index contributed by atoms with van der Waals surface area (Å²) in [5, 5.41) is 3.58. The number of aromatic nitrogens is 4. The predicted octanol–water partition coefficient (Wildman–Crippen LogP) is 6.73. The van der Waals surface area contributed by atoms with Crippen LogP contribution in [0.2, 0.25) is 0 Å². The van der Waals surface area contributed by atoms with E-state index < -0.39 is 0 Å². The van der Waals surface area contributed by atoms with Gasteiger partial charge in [-0.3, -0.25) is 4.40 Å². The topological polar surface area (TPSA) is 43.1 Å². The molecule has 7 aromatic rings. The number of rotatable bonds is 0. The Morgan fingerprint density at radius 1 is 0.571 bits per heavy atom. The van der Waals surface area contributed by atoms with E-state index in [-0.39, 0.29) is 0 Å². The Hall–Kier alpha value is -4.57. The summed E-state index contributed by atoms with van der Waals surface area (Å²) in [6, 6.07) is 26.3. The maximum atomic E-state index is 5.02. The fourth-order valence-corrected chi connectivity index (χ4v) is 6.54. The smallest absolute Gasteiger partial charge is 0.166 e. The van der Waals surface area contributed by atoms with E-state index in [4.69, 9.17) is 9.97 Å². The Kier molecular flexibility index (Phi) is 3.11. The average molecular weight is 447 g/mol. The van der Waals surface area contributed by atoms with Gasteiger partial charge in [0.25, 0.3) is 0 Å². The molecular weight excluding hydrogens is 428 g/mol. The number of nitrogens with zero attached hydrogens (tertiary/aromatic N) is 4. The molecular formula is C31H18N4. The molecule has 35 heavy (non-hydrogen) atoms. The highest BCUT2D eigenvalue weighted by Crippen LogP contribution is 2.51. The van der Waals surface area contributed by atoms with Crippen LogP contribution in [0.1, 0.15) is 22.3 Å². The van der Waals surface area contributed by atoms with E-state index in [2.05, 4.69) is 64.0 Å². The summed E-state index contributed by atoms with van der Waals surface area (Å²) in [6.45, 7) is 0. The van der Waals surface area contributed by atoms with Crippen molar-refractivity contribution in [1.29, 1.82) is 0 Å². The Morgan fingerprint density at radius 3 is 2.29 bits per heavy atom. The Bertz CT molecular complexity index is 2070. The van der Waals surface area contributed by atoms with E-state index >= 15 is 0 Å². The summed E-state index contributed by atoms with van der Waals surface area (Å²) >= 11 is 0. The van der Waals surface area contributed by atoms with Crippen molar-refractivity contribution in [2.45, 2.75) is 12.8 Å². The van der Waals surface area contributed by atoms with Crippen LogP contribution >= 0.6 is 0 Å². The first kappa shape index (κ1) is 17.8. The molecule has 0 bridgehead atoms. The third kappa shape index (κ3) is 2.11. The zero-order valence-corrected chi connectivity index (χ0v) is 18.8. The lowest BCUT2D eigenvalue weighted by Gasteiger charge is -2.13. The van der Waals surface area contributed by atoms with E-state index in [1.54, 1.807) is 0 Å². The molecule has 0 N–H and O–H groups in total. The first-order valence-corrected chi connectivity index (χ1v) is 12.1. The van der Waals surface area contributed by atoms with Crippen LogP contribution in [-0.2, 0) is 12.8 Å². The molecule has 162 valence electrons. The molecule has 0 unspecified atom stereocenters. The molecule has 4 nitrogen and oxygen atoms in total. The van der Waals surface area contributed by atoms with Gasteiger partial charge >= 0.3 is 0 Å². The number of hydrogen-bond acceptors (Lipinski definition) is 3. The fourth-order valence-electron chi connectivity index (χ4n) is 6.54. The van der Waals surface area contributed by atoms with Crippen LogP contribution in [-0.4, -0.2) is 19.4 Å². The van der Waals surface area contributed by atoms with Crippen molar-refractivity contribution in [3.05, 3.63) is 107 Å². The van der Waals surface area contributed by atoms with Crippen molar-refractivity contribution < 1.29 is 0 Å². The fraction of sp³-hybridized carbons (Fsp3) is 0.0645. The number of hydrogen-bond donors (Lipinski definition) is 0. The predicted molar refractivity (Wildman–Crippen MR) is 140 cm³/mol. The minimum Gasteiger partial charge on any atom is -0.260 e. The first-order chi connectivity index (χ1) is 17.4. The van der Waals surface area contributed by atoms with Gasteiger partial charge in [0.1, 0.15) is 16.8 Å². The molecule has 4 heterocycles. The molecule has 9 rings (SSSR count). The molecule has 0 radical (unpaired) electrons. The molecule has 4 aromatic heterocycles. The Balaban J connectivity index is 1.45. The quantitative estimate of drug-likeness (QED) is 0.243. The second-order valence-corrected chi connectivity index (χ2v) is 9.65. The standard InChI is InChI=1S/C31H18N4/c1-2-6-20-17(5-1)15-18-9-10-19-16-24-21(27(19)26(18)20)11-12-23-28(24)22-7-3-13-32-29(22)35-30(23)34-25-8-4-14-33-31(25)35/h1-14H,15-16H2. The van der Waals surface area contributed by atoms with Crippen LogP contribution in [0, 0.1) is 0 Å². The van der Waals surface area contributed by atoms with Crippen LogP contribution in [0.4, 0.5) is 0 Å². The van der Waals surface area contributed by atoms with Gasteiger partial charge < -0.3 is 0 Å². The molecule has 0 aliphatic heterocycles. The minimum atomic E-state index is 0.853. The maximum absolute atomic E-state index is 5.02. The molecule has 4 heteroatoms. The summed E-state index contributed by atoms with van der Waals surface area (Å²) in [5.41, 5.74) is 14.8. The van der Waals surface area contributed by atoms with Gasteiger partial charge in [0, 0.05) is 28.6 Å². The number of fused-ring (bicyclic) bond motifs is 16. The number of imidazole rings is 1. The van der Waals surface area contributed by atoms with E-state index in [0.717, 1.165) is 46.1 Å². The molecule has 2 aliphatic rings. The molecule has 0 saturated carbocycles. The monoisotopic (exact) mass is 446 g/mol. The lowest BCUT2D eigenvalue weighted by molar-refractivity contribution is 1.19. The van der Waals surface area contributed by atoms with Crippen molar-refractivity contribution in [2.75, 3.05) is 0 Å². The van der Waals surface area contributed by atoms with Gasteiger partial charge in [-0.2, -0.15) is 0 Å². The van der Waals surface area contributed by atoms with Crippen molar-refractivity contribution >= 4 is 38.6 Å². The van der Waals surface area contributed by atoms with Gasteiger partial charge in [0.05, 0.1) is 0 Å². The van der Waals surface area contributed by atoms with Gasteiger partial charge in [-0.1, -0.05) is 42.5 Å². The van der Waals surface area contributed by atoms with Crippen LogP contribution < -0.4 is 0 Å². The molecule has 3 aromatic carbocycles. The van der Waals surface area contributed by atoms with Gasteiger partial charge in [0.15, 0.2) is 5.65 Å². The molecule has 2 aliphatic carbocycles. The van der Waals surface area contributed by atoms with Crippen molar-refractivity contribution in [2.24, 2.45) is 0 Å². The largest absolute Gasteiger partial charge is 0.260 e. The molecule has 0 amide bonds. The van der Waals surface area contributed by atoms with Crippen molar-refractivity contribution in [1.82, 2.24) is 19.4 Å². The highest BCUT2D eigenvalue weighted by molar-refractivity contribution is 6.17. The van der Waals surface area contributed by atoms with Crippen LogP contribution in [0.15, 0.2) is 85.2 Å². The molecule has 0 atom stereocenters. The first-order valence-electron chi connectivity index (χ1n) is 12.1. The lowest BCUT2D eigenvalue weighted by Crippen LogP contribution is -1.97. The lowest BCUT2D eigenvalue weighted by atomic mass is 9.92. The van der Waals surface area contributed by atoms with Crippen LogP contribution in [0.25, 0.3) is 60.9 Å².